The van der Waals surface area contributed by atoms with Crippen molar-refractivity contribution in [1.29, 1.82) is 0 Å². The van der Waals surface area contributed by atoms with Crippen molar-refractivity contribution >= 4 is 5.97 Å². The highest BCUT2D eigenvalue weighted by Crippen LogP contribution is 2.49. The van der Waals surface area contributed by atoms with E-state index in [0.717, 1.165) is 11.1 Å². The van der Waals surface area contributed by atoms with Crippen LogP contribution in [0.4, 0.5) is 0 Å². The van der Waals surface area contributed by atoms with Crippen LogP contribution in [-0.2, 0) is 4.79 Å². The van der Waals surface area contributed by atoms with E-state index in [0.29, 0.717) is 23.7 Å². The molecule has 0 fully saturated rings. The van der Waals surface area contributed by atoms with Crippen LogP contribution in [0.25, 0.3) is 0 Å². The zero-order chi connectivity index (χ0) is 17.1. The lowest BCUT2D eigenvalue weighted by molar-refractivity contribution is -0.140. The van der Waals surface area contributed by atoms with Gasteiger partial charge in [0.1, 0.15) is 17.2 Å². The SMILES string of the molecule is C=CC[C@@H]1C(=O)Oc2cc(OC)cc(OC)c2[C@@H]1c1ccccc1. The van der Waals surface area contributed by atoms with Crippen LogP contribution in [0.3, 0.4) is 0 Å². The Balaban J connectivity index is 2.23. The molecule has 0 radical (unpaired) electrons. The highest BCUT2D eigenvalue weighted by atomic mass is 16.5. The largest absolute Gasteiger partial charge is 0.496 e. The lowest BCUT2D eigenvalue weighted by Gasteiger charge is -2.33. The van der Waals surface area contributed by atoms with E-state index < -0.39 is 0 Å². The van der Waals surface area contributed by atoms with Crippen LogP contribution in [0.15, 0.2) is 55.1 Å². The van der Waals surface area contributed by atoms with Crippen molar-refractivity contribution in [2.45, 2.75) is 12.3 Å². The molecule has 0 saturated carbocycles. The van der Waals surface area contributed by atoms with E-state index in [1.54, 1.807) is 26.4 Å². The van der Waals surface area contributed by atoms with E-state index >= 15 is 0 Å². The minimum Gasteiger partial charge on any atom is -0.496 e. The summed E-state index contributed by atoms with van der Waals surface area (Å²) in [6.45, 7) is 3.78. The number of methoxy groups -OCH3 is 2. The molecule has 2 aromatic carbocycles. The first-order valence-electron chi connectivity index (χ1n) is 7.83. The Bertz CT molecular complexity index is 752. The Hall–Kier alpha value is -2.75. The lowest BCUT2D eigenvalue weighted by Crippen LogP contribution is -2.32. The maximum absolute atomic E-state index is 12.6. The number of fused-ring (bicyclic) bond motifs is 1. The predicted octanol–water partition coefficient (Wildman–Crippen LogP) is 3.95. The third-order valence-corrected chi connectivity index (χ3v) is 4.34. The topological polar surface area (TPSA) is 44.8 Å². The van der Waals surface area contributed by atoms with Crippen molar-refractivity contribution in [3.8, 4) is 17.2 Å². The van der Waals surface area contributed by atoms with Crippen LogP contribution in [0.1, 0.15) is 23.5 Å². The molecule has 0 aromatic heterocycles. The van der Waals surface area contributed by atoms with Gasteiger partial charge >= 0.3 is 5.97 Å². The summed E-state index contributed by atoms with van der Waals surface area (Å²) in [6, 6.07) is 13.5. The number of carbonyl (C=O) groups is 1. The third-order valence-electron chi connectivity index (χ3n) is 4.34. The number of esters is 1. The quantitative estimate of drug-likeness (QED) is 0.475. The molecule has 4 heteroatoms. The van der Waals surface area contributed by atoms with Gasteiger partial charge in [0.05, 0.1) is 20.1 Å². The van der Waals surface area contributed by atoms with Gasteiger partial charge in [0.2, 0.25) is 0 Å². The molecule has 0 saturated heterocycles. The third kappa shape index (κ3) is 2.75. The molecule has 124 valence electrons. The summed E-state index contributed by atoms with van der Waals surface area (Å²) >= 11 is 0. The van der Waals surface area contributed by atoms with E-state index in [9.17, 15) is 4.79 Å². The summed E-state index contributed by atoms with van der Waals surface area (Å²) in [4.78, 5) is 12.6. The fourth-order valence-electron chi connectivity index (χ4n) is 3.25. The molecule has 4 nitrogen and oxygen atoms in total. The monoisotopic (exact) mass is 324 g/mol. The molecular weight excluding hydrogens is 304 g/mol. The molecule has 0 N–H and O–H groups in total. The summed E-state index contributed by atoms with van der Waals surface area (Å²) in [5.41, 5.74) is 1.92. The van der Waals surface area contributed by atoms with Crippen molar-refractivity contribution < 1.29 is 19.0 Å². The van der Waals surface area contributed by atoms with Gasteiger partial charge in [-0.15, -0.1) is 6.58 Å². The molecule has 3 rings (SSSR count). The smallest absolute Gasteiger partial charge is 0.315 e. The molecule has 0 amide bonds. The summed E-state index contributed by atoms with van der Waals surface area (Å²) in [6.07, 6.45) is 2.29. The molecule has 0 bridgehead atoms. The van der Waals surface area contributed by atoms with Crippen LogP contribution in [0, 0.1) is 5.92 Å². The molecule has 2 atom stereocenters. The maximum Gasteiger partial charge on any atom is 0.315 e. The molecule has 2 aromatic rings. The number of carbonyl (C=O) groups excluding carboxylic acids is 1. The Kier molecular flexibility index (Phi) is 4.56. The second kappa shape index (κ2) is 6.79. The molecule has 24 heavy (non-hydrogen) atoms. The molecule has 0 aliphatic carbocycles. The Labute approximate surface area is 141 Å². The van der Waals surface area contributed by atoms with Crippen molar-refractivity contribution in [2.75, 3.05) is 14.2 Å². The second-order valence-corrected chi connectivity index (χ2v) is 5.68. The van der Waals surface area contributed by atoms with Crippen LogP contribution in [-0.4, -0.2) is 20.2 Å². The number of allylic oxidation sites excluding steroid dienone is 1. The van der Waals surface area contributed by atoms with Gasteiger partial charge in [0.25, 0.3) is 0 Å². The lowest BCUT2D eigenvalue weighted by atomic mass is 9.77. The van der Waals surface area contributed by atoms with Crippen molar-refractivity contribution in [1.82, 2.24) is 0 Å². The average molecular weight is 324 g/mol. The van der Waals surface area contributed by atoms with Crippen LogP contribution in [0.2, 0.25) is 0 Å². The summed E-state index contributed by atoms with van der Waals surface area (Å²) in [5, 5.41) is 0. The zero-order valence-electron chi connectivity index (χ0n) is 13.8. The van der Waals surface area contributed by atoms with E-state index in [2.05, 4.69) is 6.58 Å². The molecule has 1 heterocycles. The summed E-state index contributed by atoms with van der Waals surface area (Å²) < 4.78 is 16.4. The maximum atomic E-state index is 12.6. The van der Waals surface area contributed by atoms with Gasteiger partial charge in [-0.3, -0.25) is 4.79 Å². The van der Waals surface area contributed by atoms with Gasteiger partial charge in [0, 0.05) is 23.6 Å². The first kappa shape index (κ1) is 16.1. The number of rotatable bonds is 5. The molecule has 1 aliphatic rings. The number of hydrogen-bond donors (Lipinski definition) is 0. The van der Waals surface area contributed by atoms with Gasteiger partial charge in [0.15, 0.2) is 0 Å². The van der Waals surface area contributed by atoms with E-state index in [-0.39, 0.29) is 17.8 Å². The minimum absolute atomic E-state index is 0.152. The summed E-state index contributed by atoms with van der Waals surface area (Å²) in [5.74, 6) is 0.991. The summed E-state index contributed by atoms with van der Waals surface area (Å²) in [7, 11) is 3.18. The van der Waals surface area contributed by atoms with E-state index in [4.69, 9.17) is 14.2 Å². The average Bonchev–Trinajstić information content (AvgIpc) is 2.62. The Morgan fingerprint density at radius 3 is 2.54 bits per heavy atom. The highest BCUT2D eigenvalue weighted by Gasteiger charge is 2.40. The number of hydrogen-bond acceptors (Lipinski definition) is 4. The Morgan fingerprint density at radius 1 is 1.17 bits per heavy atom. The van der Waals surface area contributed by atoms with Crippen LogP contribution < -0.4 is 14.2 Å². The van der Waals surface area contributed by atoms with E-state index in [1.165, 1.54) is 0 Å². The highest BCUT2D eigenvalue weighted by molar-refractivity contribution is 5.82. The number of benzene rings is 2. The van der Waals surface area contributed by atoms with Gasteiger partial charge in [-0.2, -0.15) is 0 Å². The van der Waals surface area contributed by atoms with Gasteiger partial charge in [-0.25, -0.2) is 0 Å². The zero-order valence-corrected chi connectivity index (χ0v) is 13.8. The first-order valence-corrected chi connectivity index (χ1v) is 7.83. The molecule has 0 unspecified atom stereocenters. The minimum atomic E-state index is -0.334. The second-order valence-electron chi connectivity index (χ2n) is 5.68. The molecular formula is C20H20O4. The van der Waals surface area contributed by atoms with Gasteiger partial charge in [-0.05, 0) is 12.0 Å². The standard InChI is InChI=1S/C20H20O4/c1-4-8-15-18(13-9-6-5-7-10-13)19-16(23-3)11-14(22-2)12-17(19)24-20(15)21/h4-7,9-12,15,18H,1,8H2,2-3H3/t15-,18+/m0/s1. The van der Waals surface area contributed by atoms with Gasteiger partial charge in [-0.1, -0.05) is 36.4 Å². The first-order chi connectivity index (χ1) is 11.7. The van der Waals surface area contributed by atoms with E-state index in [1.807, 2.05) is 36.4 Å². The number of ether oxygens (including phenoxy) is 3. The van der Waals surface area contributed by atoms with Crippen LogP contribution >= 0.6 is 0 Å². The van der Waals surface area contributed by atoms with Crippen LogP contribution in [0.5, 0.6) is 17.2 Å². The van der Waals surface area contributed by atoms with Crippen molar-refractivity contribution in [3.05, 3.63) is 66.2 Å². The molecule has 1 aliphatic heterocycles. The fourth-order valence-corrected chi connectivity index (χ4v) is 3.25. The normalized spacial score (nSPS) is 19.2. The van der Waals surface area contributed by atoms with Crippen molar-refractivity contribution in [2.24, 2.45) is 5.92 Å². The predicted molar refractivity (Wildman–Crippen MR) is 91.8 cm³/mol. The fraction of sp³-hybridized carbons (Fsp3) is 0.250. The van der Waals surface area contributed by atoms with Gasteiger partial charge < -0.3 is 14.2 Å². The Morgan fingerprint density at radius 2 is 1.92 bits per heavy atom. The molecule has 0 spiro atoms. The van der Waals surface area contributed by atoms with Crippen molar-refractivity contribution in [3.63, 3.8) is 0 Å².